The van der Waals surface area contributed by atoms with E-state index in [4.69, 9.17) is 14.1 Å². The Balaban J connectivity index is 1.46. The van der Waals surface area contributed by atoms with Gasteiger partial charge in [-0.1, -0.05) is 78.9 Å². The molecule has 3 nitrogen and oxygen atoms in total. The van der Waals surface area contributed by atoms with Crippen molar-refractivity contribution in [3.63, 3.8) is 0 Å². The van der Waals surface area contributed by atoms with Crippen molar-refractivity contribution in [3.05, 3.63) is 102 Å². The highest BCUT2D eigenvalue weighted by molar-refractivity contribution is 5.78. The van der Waals surface area contributed by atoms with Crippen LogP contribution in [0.4, 0.5) is 0 Å². The van der Waals surface area contributed by atoms with Gasteiger partial charge in [0, 0.05) is 16.7 Å². The van der Waals surface area contributed by atoms with Crippen molar-refractivity contribution in [2.24, 2.45) is 5.92 Å². The van der Waals surface area contributed by atoms with Crippen LogP contribution in [0.3, 0.4) is 0 Å². The fraction of sp³-hybridized carbons (Fsp3) is 0.233. The summed E-state index contributed by atoms with van der Waals surface area (Å²) in [4.78, 5) is 5.01. The minimum absolute atomic E-state index is 0.470. The van der Waals surface area contributed by atoms with Gasteiger partial charge in [-0.25, -0.2) is 4.98 Å². The van der Waals surface area contributed by atoms with Gasteiger partial charge in [0.2, 0.25) is 5.89 Å². The first-order chi connectivity index (χ1) is 16.3. The van der Waals surface area contributed by atoms with Gasteiger partial charge in [0.25, 0.3) is 0 Å². The molecule has 1 aromatic heterocycles. The van der Waals surface area contributed by atoms with Gasteiger partial charge in [0.15, 0.2) is 5.76 Å². The Morgan fingerprint density at radius 3 is 2.42 bits per heavy atom. The van der Waals surface area contributed by atoms with Gasteiger partial charge in [-0.05, 0) is 56.2 Å². The van der Waals surface area contributed by atoms with E-state index in [1.54, 1.807) is 0 Å². The molecule has 1 heterocycles. The first-order valence-corrected chi connectivity index (χ1v) is 11.8. The van der Waals surface area contributed by atoms with Crippen LogP contribution in [0, 0.1) is 5.92 Å². The van der Waals surface area contributed by atoms with E-state index in [0.29, 0.717) is 12.5 Å². The lowest BCUT2D eigenvalue weighted by Gasteiger charge is -2.20. The average molecular weight is 436 g/mol. The monoisotopic (exact) mass is 435 g/mol. The fourth-order valence-corrected chi connectivity index (χ4v) is 4.61. The first-order valence-electron chi connectivity index (χ1n) is 11.8. The predicted octanol–water partition coefficient (Wildman–Crippen LogP) is 7.83. The maximum absolute atomic E-state index is 6.44. The number of hydrogen-bond acceptors (Lipinski definition) is 3. The van der Waals surface area contributed by atoms with Gasteiger partial charge in [0.1, 0.15) is 11.4 Å². The van der Waals surface area contributed by atoms with Crippen LogP contribution in [-0.4, -0.2) is 11.6 Å². The fourth-order valence-electron chi connectivity index (χ4n) is 4.61. The van der Waals surface area contributed by atoms with E-state index < -0.39 is 0 Å². The predicted molar refractivity (Wildman–Crippen MR) is 134 cm³/mol. The highest BCUT2D eigenvalue weighted by atomic mass is 16.5. The average Bonchev–Trinajstić information content (AvgIpc) is 3.32. The van der Waals surface area contributed by atoms with E-state index >= 15 is 0 Å². The Hall–Kier alpha value is -3.59. The van der Waals surface area contributed by atoms with Crippen LogP contribution in [-0.2, 0) is 6.42 Å². The number of oxazole rings is 1. The van der Waals surface area contributed by atoms with Gasteiger partial charge >= 0.3 is 0 Å². The van der Waals surface area contributed by atoms with E-state index in [-0.39, 0.29) is 0 Å². The number of allylic oxidation sites excluding steroid dienone is 2. The van der Waals surface area contributed by atoms with E-state index in [1.165, 1.54) is 17.6 Å². The molecule has 0 saturated carbocycles. The van der Waals surface area contributed by atoms with Gasteiger partial charge in [-0.15, -0.1) is 0 Å². The van der Waals surface area contributed by atoms with Crippen LogP contribution in [0.1, 0.15) is 37.6 Å². The molecular weight excluding hydrogens is 406 g/mol. The summed E-state index contributed by atoms with van der Waals surface area (Å²) < 4.78 is 12.1. The highest BCUT2D eigenvalue weighted by Crippen LogP contribution is 2.38. The standard InChI is InChI=1S/C30H29NO2/c1-2-32-27-18-10-12-23(21-27)19-22-11-9-17-26(20-22)30-31-28(24-13-5-3-6-14-24)29(33-30)25-15-7-4-8-16-25/h3-8,10,12-16,18,20-22H,2,9,11,17,19H2,1H3. The molecule has 0 fully saturated rings. The summed E-state index contributed by atoms with van der Waals surface area (Å²) in [5.41, 5.74) is 5.56. The lowest BCUT2D eigenvalue weighted by molar-refractivity contribution is 0.339. The molecule has 33 heavy (non-hydrogen) atoms. The summed E-state index contributed by atoms with van der Waals surface area (Å²) in [6, 6.07) is 29.0. The molecular formula is C30H29NO2. The van der Waals surface area contributed by atoms with Crippen molar-refractivity contribution in [1.82, 2.24) is 4.98 Å². The molecule has 0 radical (unpaired) electrons. The number of ether oxygens (including phenoxy) is 1. The molecule has 1 aliphatic rings. The molecule has 0 saturated heterocycles. The summed E-state index contributed by atoms with van der Waals surface area (Å²) in [6.07, 6.45) is 6.71. The summed E-state index contributed by atoms with van der Waals surface area (Å²) >= 11 is 0. The number of nitrogens with zero attached hydrogens (tertiary/aromatic N) is 1. The Morgan fingerprint density at radius 1 is 0.909 bits per heavy atom. The maximum atomic E-state index is 6.44. The molecule has 1 aliphatic carbocycles. The minimum atomic E-state index is 0.470. The molecule has 1 unspecified atom stereocenters. The first kappa shape index (κ1) is 21.3. The molecule has 1 atom stereocenters. The second-order valence-electron chi connectivity index (χ2n) is 8.56. The lowest BCUT2D eigenvalue weighted by Crippen LogP contribution is -2.08. The van der Waals surface area contributed by atoms with Crippen molar-refractivity contribution in [2.75, 3.05) is 6.61 Å². The smallest absolute Gasteiger partial charge is 0.222 e. The van der Waals surface area contributed by atoms with Gasteiger partial charge in [-0.2, -0.15) is 0 Å². The van der Waals surface area contributed by atoms with E-state index in [2.05, 4.69) is 48.5 Å². The topological polar surface area (TPSA) is 35.3 Å². The second-order valence-corrected chi connectivity index (χ2v) is 8.56. The Labute approximate surface area is 195 Å². The molecule has 3 heteroatoms. The molecule has 0 spiro atoms. The van der Waals surface area contributed by atoms with Crippen molar-refractivity contribution < 1.29 is 9.15 Å². The third-order valence-electron chi connectivity index (χ3n) is 6.15. The zero-order valence-electron chi connectivity index (χ0n) is 19.0. The van der Waals surface area contributed by atoms with Crippen LogP contribution in [0.5, 0.6) is 5.75 Å². The molecule has 5 rings (SSSR count). The summed E-state index contributed by atoms with van der Waals surface area (Å²) in [5, 5.41) is 0. The van der Waals surface area contributed by atoms with Crippen LogP contribution < -0.4 is 4.74 Å². The molecule has 0 aliphatic heterocycles. The number of rotatable bonds is 7. The van der Waals surface area contributed by atoms with Crippen LogP contribution in [0.2, 0.25) is 0 Å². The zero-order chi connectivity index (χ0) is 22.5. The third-order valence-corrected chi connectivity index (χ3v) is 6.15. The normalized spacial score (nSPS) is 15.8. The van der Waals surface area contributed by atoms with Crippen molar-refractivity contribution in [2.45, 2.75) is 32.6 Å². The number of benzene rings is 3. The van der Waals surface area contributed by atoms with Crippen LogP contribution in [0.15, 0.2) is 95.4 Å². The molecule has 166 valence electrons. The summed E-state index contributed by atoms with van der Waals surface area (Å²) in [6.45, 7) is 2.71. The Kier molecular flexibility index (Phi) is 6.39. The van der Waals surface area contributed by atoms with E-state index in [0.717, 1.165) is 53.5 Å². The van der Waals surface area contributed by atoms with Gasteiger partial charge < -0.3 is 9.15 Å². The largest absolute Gasteiger partial charge is 0.494 e. The number of aromatic nitrogens is 1. The van der Waals surface area contributed by atoms with Crippen molar-refractivity contribution in [3.8, 4) is 28.3 Å². The highest BCUT2D eigenvalue weighted by Gasteiger charge is 2.22. The summed E-state index contributed by atoms with van der Waals surface area (Å²) in [5.74, 6) is 3.00. The van der Waals surface area contributed by atoms with Crippen molar-refractivity contribution >= 4 is 5.57 Å². The van der Waals surface area contributed by atoms with E-state index in [9.17, 15) is 0 Å². The Bertz CT molecular complexity index is 1170. The van der Waals surface area contributed by atoms with E-state index in [1.807, 2.05) is 49.4 Å². The summed E-state index contributed by atoms with van der Waals surface area (Å²) in [7, 11) is 0. The minimum Gasteiger partial charge on any atom is -0.494 e. The van der Waals surface area contributed by atoms with Crippen molar-refractivity contribution in [1.29, 1.82) is 0 Å². The SMILES string of the molecule is CCOc1cccc(CC2C=C(c3nc(-c4ccccc4)c(-c4ccccc4)o3)CCC2)c1. The quantitative estimate of drug-likeness (QED) is 0.297. The lowest BCUT2D eigenvalue weighted by atomic mass is 9.86. The Morgan fingerprint density at radius 2 is 1.67 bits per heavy atom. The van der Waals surface area contributed by atoms with Gasteiger partial charge in [0.05, 0.1) is 6.61 Å². The molecule has 0 amide bonds. The molecule has 3 aromatic carbocycles. The zero-order valence-corrected chi connectivity index (χ0v) is 19.0. The second kappa shape index (κ2) is 9.91. The van der Waals surface area contributed by atoms with Gasteiger partial charge in [-0.3, -0.25) is 0 Å². The van der Waals surface area contributed by atoms with Crippen LogP contribution >= 0.6 is 0 Å². The number of hydrogen-bond donors (Lipinski definition) is 0. The molecule has 0 bridgehead atoms. The maximum Gasteiger partial charge on any atom is 0.222 e. The molecule has 4 aromatic rings. The third kappa shape index (κ3) is 4.93. The molecule has 0 N–H and O–H groups in total. The van der Waals surface area contributed by atoms with Crippen LogP contribution in [0.25, 0.3) is 28.2 Å².